The normalized spacial score (nSPS) is 32.1. The second kappa shape index (κ2) is 12.0. The number of ketones is 1. The molecule has 190 valence electrons. The highest BCUT2D eigenvalue weighted by Crippen LogP contribution is 2.57. The Bertz CT molecular complexity index is 870. The van der Waals surface area contributed by atoms with Crippen molar-refractivity contribution in [1.82, 2.24) is 0 Å². The van der Waals surface area contributed by atoms with Crippen molar-refractivity contribution in [3.05, 3.63) is 47.3 Å². The number of esters is 1. The highest BCUT2D eigenvalue weighted by Gasteiger charge is 2.53. The van der Waals surface area contributed by atoms with Crippen LogP contribution >= 0.6 is 0 Å². The lowest BCUT2D eigenvalue weighted by Gasteiger charge is -2.52. The third-order valence-electron chi connectivity index (χ3n) is 7.49. The number of carbonyl (C=O) groups is 2. The summed E-state index contributed by atoms with van der Waals surface area (Å²) in [6, 6.07) is -1.33. The van der Waals surface area contributed by atoms with Crippen LogP contribution < -0.4 is 5.73 Å². The molecule has 0 radical (unpaired) electrons. The molecule has 2 rings (SSSR count). The summed E-state index contributed by atoms with van der Waals surface area (Å²) in [6.07, 6.45) is 12.7. The van der Waals surface area contributed by atoms with Gasteiger partial charge in [-0.15, -0.1) is 0 Å². The number of hydrogen-bond acceptors (Lipinski definition) is 7. The highest BCUT2D eigenvalue weighted by atomic mass is 16.5. The number of allylic oxidation sites excluding steroid dienone is 6. The van der Waals surface area contributed by atoms with Gasteiger partial charge in [-0.25, -0.2) is 4.79 Å². The first kappa shape index (κ1) is 28.0. The fourth-order valence-corrected chi connectivity index (χ4v) is 5.66. The first-order valence-corrected chi connectivity index (χ1v) is 12.1. The van der Waals surface area contributed by atoms with Gasteiger partial charge in [0.25, 0.3) is 0 Å². The monoisotopic (exact) mass is 475 g/mol. The molecule has 0 amide bonds. The van der Waals surface area contributed by atoms with Crippen LogP contribution in [0.25, 0.3) is 0 Å². The molecule has 7 nitrogen and oxygen atoms in total. The minimum atomic E-state index is -1.33. The number of nitrogens with two attached hydrogens (primary N) is 1. The minimum Gasteiger partial charge on any atom is -0.511 e. The quantitative estimate of drug-likeness (QED) is 0.0765. The van der Waals surface area contributed by atoms with Crippen molar-refractivity contribution >= 4 is 11.8 Å². The van der Waals surface area contributed by atoms with Gasteiger partial charge in [-0.1, -0.05) is 56.2 Å². The number of fused-ring (bicyclic) bond motifs is 1. The number of carbonyl (C=O) groups excluding carboxylic acids is 2. The van der Waals surface area contributed by atoms with Gasteiger partial charge >= 0.3 is 5.97 Å². The van der Waals surface area contributed by atoms with Crippen molar-refractivity contribution in [2.75, 3.05) is 13.7 Å². The molecule has 0 heterocycles. The summed E-state index contributed by atoms with van der Waals surface area (Å²) in [5, 5.41) is 30.6. The zero-order valence-corrected chi connectivity index (χ0v) is 21.0. The summed E-state index contributed by atoms with van der Waals surface area (Å²) in [7, 11) is 1.15. The topological polar surface area (TPSA) is 130 Å². The van der Waals surface area contributed by atoms with Crippen LogP contribution in [0.1, 0.15) is 53.4 Å². The molecule has 5 N–H and O–H groups in total. The first-order chi connectivity index (χ1) is 16.0. The average Bonchev–Trinajstić information content (AvgIpc) is 2.79. The van der Waals surface area contributed by atoms with E-state index in [2.05, 4.69) is 13.0 Å². The molecule has 0 aromatic carbocycles. The van der Waals surface area contributed by atoms with E-state index in [0.717, 1.165) is 31.9 Å². The standard InChI is InChI=1S/C27H41NO6/c1-16-11-12-21-19(13-16)14-17(2)20(10-8-6-7-9-18(3)30)27(21,4)25(32)23(26(33)34-5)24(31)22(28)15-29/h6-8,10,14,16,18-22,29-30,32H,9,11-13,15,28H2,1-5H3/b7-6+,10-8+,25-23+/t16-,18+,19+,20-,21-,22-,27-/m1/s1. The second-order valence-electron chi connectivity index (χ2n) is 10.1. The van der Waals surface area contributed by atoms with Crippen LogP contribution in [-0.2, 0) is 14.3 Å². The van der Waals surface area contributed by atoms with Gasteiger partial charge in [0.2, 0.25) is 0 Å². The van der Waals surface area contributed by atoms with Gasteiger partial charge in [-0.2, -0.15) is 0 Å². The SMILES string of the molecule is COC(=O)/C(C(=O)[C@H](N)CO)=C(/O)[C@]1(C)[C@H](/C=C/C=C/C[C@H](C)O)C(C)=C[C@@H]2C[C@H](C)CC[C@H]21. The zero-order chi connectivity index (χ0) is 25.6. The summed E-state index contributed by atoms with van der Waals surface area (Å²) in [5.41, 5.74) is 5.38. The molecule has 7 atom stereocenters. The Hall–Kier alpha value is -2.22. The summed E-state index contributed by atoms with van der Waals surface area (Å²) in [4.78, 5) is 25.7. The van der Waals surface area contributed by atoms with Crippen LogP contribution in [0.15, 0.2) is 47.3 Å². The van der Waals surface area contributed by atoms with E-state index >= 15 is 0 Å². The number of Topliss-reactive ketones (excluding diaryl/α,β-unsaturated/α-hetero) is 1. The Morgan fingerprint density at radius 1 is 1.32 bits per heavy atom. The number of methoxy groups -OCH3 is 1. The fraction of sp³-hybridized carbons (Fsp3) is 0.630. The smallest absolute Gasteiger partial charge is 0.345 e. The van der Waals surface area contributed by atoms with Crippen molar-refractivity contribution in [3.8, 4) is 0 Å². The number of hydrogen-bond donors (Lipinski definition) is 4. The van der Waals surface area contributed by atoms with E-state index in [0.29, 0.717) is 12.3 Å². The molecule has 0 aromatic rings. The van der Waals surface area contributed by atoms with E-state index < -0.39 is 41.5 Å². The van der Waals surface area contributed by atoms with E-state index in [1.54, 1.807) is 6.92 Å². The summed E-state index contributed by atoms with van der Waals surface area (Å²) in [6.45, 7) is 7.20. The summed E-state index contributed by atoms with van der Waals surface area (Å²) >= 11 is 0. The second-order valence-corrected chi connectivity index (χ2v) is 10.1. The van der Waals surface area contributed by atoms with E-state index in [1.807, 2.05) is 38.2 Å². The van der Waals surface area contributed by atoms with E-state index in [4.69, 9.17) is 10.5 Å². The van der Waals surface area contributed by atoms with Crippen LogP contribution in [-0.4, -0.2) is 52.9 Å². The third kappa shape index (κ3) is 5.88. The lowest BCUT2D eigenvalue weighted by molar-refractivity contribution is -0.138. The Kier molecular flexibility index (Phi) is 9.85. The summed E-state index contributed by atoms with van der Waals surface area (Å²) < 4.78 is 4.85. The molecule has 0 saturated heterocycles. The molecule has 0 aliphatic heterocycles. The maximum atomic E-state index is 13.0. The van der Waals surface area contributed by atoms with Crippen molar-refractivity contribution in [2.45, 2.75) is 65.5 Å². The Labute approximate surface area is 203 Å². The first-order valence-electron chi connectivity index (χ1n) is 12.1. The van der Waals surface area contributed by atoms with Gasteiger partial charge in [-0.3, -0.25) is 4.79 Å². The number of aliphatic hydroxyl groups excluding tert-OH is 3. The molecule has 1 saturated carbocycles. The Morgan fingerprint density at radius 3 is 2.59 bits per heavy atom. The van der Waals surface area contributed by atoms with Gasteiger partial charge in [-0.05, 0) is 50.9 Å². The van der Waals surface area contributed by atoms with Crippen molar-refractivity contribution in [1.29, 1.82) is 0 Å². The van der Waals surface area contributed by atoms with Crippen LogP contribution in [0.2, 0.25) is 0 Å². The number of aliphatic hydroxyl groups is 3. The van der Waals surface area contributed by atoms with Gasteiger partial charge in [0.1, 0.15) is 11.3 Å². The molecule has 7 heteroatoms. The van der Waals surface area contributed by atoms with Gasteiger partial charge in [0, 0.05) is 11.3 Å². The third-order valence-corrected chi connectivity index (χ3v) is 7.49. The predicted octanol–water partition coefficient (Wildman–Crippen LogP) is 3.38. The molecule has 0 unspecified atom stereocenters. The number of rotatable bonds is 9. The van der Waals surface area contributed by atoms with Gasteiger partial charge < -0.3 is 25.8 Å². The largest absolute Gasteiger partial charge is 0.511 e. The molecular formula is C27H41NO6. The molecule has 34 heavy (non-hydrogen) atoms. The maximum Gasteiger partial charge on any atom is 0.345 e. The van der Waals surface area contributed by atoms with E-state index in [1.165, 1.54) is 0 Å². The Morgan fingerprint density at radius 2 is 2.00 bits per heavy atom. The fourth-order valence-electron chi connectivity index (χ4n) is 5.66. The predicted molar refractivity (Wildman–Crippen MR) is 132 cm³/mol. The molecule has 0 bridgehead atoms. The van der Waals surface area contributed by atoms with Gasteiger partial charge in [0.05, 0.1) is 25.9 Å². The van der Waals surface area contributed by atoms with Crippen molar-refractivity contribution in [3.63, 3.8) is 0 Å². The lowest BCUT2D eigenvalue weighted by atomic mass is 9.52. The zero-order valence-electron chi connectivity index (χ0n) is 21.0. The Balaban J connectivity index is 2.68. The van der Waals surface area contributed by atoms with E-state index in [9.17, 15) is 24.9 Å². The molecule has 2 aliphatic carbocycles. The molecule has 1 fully saturated rings. The van der Waals surface area contributed by atoms with Crippen LogP contribution in [0, 0.1) is 29.1 Å². The van der Waals surface area contributed by atoms with E-state index in [-0.39, 0.29) is 23.5 Å². The summed E-state index contributed by atoms with van der Waals surface area (Å²) in [5.74, 6) is -1.65. The molecular weight excluding hydrogens is 434 g/mol. The van der Waals surface area contributed by atoms with Gasteiger partial charge in [0.15, 0.2) is 5.78 Å². The number of ether oxygens (including phenoxy) is 1. The highest BCUT2D eigenvalue weighted by molar-refractivity contribution is 6.19. The maximum absolute atomic E-state index is 13.0. The van der Waals surface area contributed by atoms with Crippen LogP contribution in [0.5, 0.6) is 0 Å². The van der Waals surface area contributed by atoms with Crippen molar-refractivity contribution in [2.24, 2.45) is 34.8 Å². The average molecular weight is 476 g/mol. The molecule has 0 aromatic heterocycles. The molecule has 2 aliphatic rings. The minimum absolute atomic E-state index is 0.00120. The van der Waals surface area contributed by atoms with Crippen LogP contribution in [0.4, 0.5) is 0 Å². The molecule has 0 spiro atoms. The van der Waals surface area contributed by atoms with Crippen LogP contribution in [0.3, 0.4) is 0 Å². The lowest BCUT2D eigenvalue weighted by Crippen LogP contribution is -2.48. The van der Waals surface area contributed by atoms with Crippen molar-refractivity contribution < 1.29 is 29.6 Å².